The molecule has 0 saturated carbocycles. The molecule has 0 radical (unpaired) electrons. The highest BCUT2D eigenvalue weighted by Crippen LogP contribution is 2.39. The van der Waals surface area contributed by atoms with Crippen molar-refractivity contribution < 1.29 is 23.8 Å². The van der Waals surface area contributed by atoms with Gasteiger partial charge in [-0.1, -0.05) is 0 Å². The van der Waals surface area contributed by atoms with Crippen molar-refractivity contribution in [1.82, 2.24) is 0 Å². The minimum absolute atomic E-state index is 0.204. The van der Waals surface area contributed by atoms with E-state index in [1.807, 2.05) is 6.92 Å². The fraction of sp³-hybridized carbons (Fsp3) is 0.150. The zero-order valence-corrected chi connectivity index (χ0v) is 18.0. The number of nitrogens with zero attached hydrogens (tertiary/aromatic N) is 1. The molecule has 0 aliphatic carbocycles. The summed E-state index contributed by atoms with van der Waals surface area (Å²) in [6.07, 6.45) is 1.65. The number of benzene rings is 2. The number of nitrogens with two attached hydrogens (primary N) is 1. The molecule has 2 aromatic rings. The van der Waals surface area contributed by atoms with Gasteiger partial charge in [0, 0.05) is 0 Å². The summed E-state index contributed by atoms with van der Waals surface area (Å²) in [5.41, 5.74) is 6.62. The fourth-order valence-corrected chi connectivity index (χ4v) is 3.71. The molecule has 29 heavy (non-hydrogen) atoms. The zero-order chi connectivity index (χ0) is 21.0. The molecule has 0 saturated heterocycles. The maximum atomic E-state index is 12.5. The van der Waals surface area contributed by atoms with Crippen LogP contribution in [0.2, 0.25) is 0 Å². The molecular formula is C20H17BrN2O5S. The number of carbonyl (C=O) groups excluding carboxylic acids is 2. The number of esters is 1. The monoisotopic (exact) mass is 476 g/mol. The maximum Gasteiger partial charge on any atom is 0.343 e. The first-order valence-corrected chi connectivity index (χ1v) is 10.1. The lowest BCUT2D eigenvalue weighted by atomic mass is 10.1. The number of rotatable bonds is 6. The van der Waals surface area contributed by atoms with Gasteiger partial charge in [0.2, 0.25) is 0 Å². The molecule has 150 valence electrons. The summed E-state index contributed by atoms with van der Waals surface area (Å²) in [5, 5.41) is 0.204. The van der Waals surface area contributed by atoms with E-state index in [4.69, 9.17) is 19.9 Å². The van der Waals surface area contributed by atoms with Gasteiger partial charge in [-0.3, -0.25) is 4.79 Å². The molecule has 0 atom stereocenters. The molecule has 7 nitrogen and oxygen atoms in total. The highest BCUT2D eigenvalue weighted by Gasteiger charge is 2.21. The number of aliphatic imine (C=N–C) groups is 1. The van der Waals surface area contributed by atoms with E-state index in [-0.39, 0.29) is 10.9 Å². The van der Waals surface area contributed by atoms with Crippen LogP contribution in [0, 0.1) is 0 Å². The summed E-state index contributed by atoms with van der Waals surface area (Å²) in [5.74, 6) is 0.315. The SMILES string of the molecule is CCOc1cc(C=C2SC(N)=NC2=O)cc(Br)c1OC(=O)c1ccc(OC)cc1. The van der Waals surface area contributed by atoms with Crippen molar-refractivity contribution in [2.24, 2.45) is 10.7 Å². The Hall–Kier alpha value is -2.78. The van der Waals surface area contributed by atoms with Crippen LogP contribution in [0.3, 0.4) is 0 Å². The highest BCUT2D eigenvalue weighted by molar-refractivity contribution is 9.10. The number of hydrogen-bond acceptors (Lipinski definition) is 7. The van der Waals surface area contributed by atoms with E-state index < -0.39 is 11.9 Å². The van der Waals surface area contributed by atoms with E-state index in [2.05, 4.69) is 20.9 Å². The molecule has 0 bridgehead atoms. The van der Waals surface area contributed by atoms with Crippen LogP contribution in [-0.2, 0) is 4.79 Å². The minimum atomic E-state index is -0.539. The fourth-order valence-electron chi connectivity index (χ4n) is 2.49. The van der Waals surface area contributed by atoms with Gasteiger partial charge in [0.15, 0.2) is 16.7 Å². The Bertz CT molecular complexity index is 1020. The van der Waals surface area contributed by atoms with Crippen molar-refractivity contribution in [2.75, 3.05) is 13.7 Å². The Morgan fingerprint density at radius 2 is 2.00 bits per heavy atom. The number of ether oxygens (including phenoxy) is 3. The lowest BCUT2D eigenvalue weighted by molar-refractivity contribution is -0.113. The Kier molecular flexibility index (Phi) is 6.60. The molecule has 1 amide bonds. The number of amidine groups is 1. The van der Waals surface area contributed by atoms with Crippen molar-refractivity contribution in [3.63, 3.8) is 0 Å². The van der Waals surface area contributed by atoms with E-state index in [9.17, 15) is 9.59 Å². The van der Waals surface area contributed by atoms with Crippen LogP contribution in [0.4, 0.5) is 0 Å². The molecule has 9 heteroatoms. The van der Waals surface area contributed by atoms with E-state index in [1.165, 1.54) is 0 Å². The van der Waals surface area contributed by atoms with Crippen LogP contribution in [0.5, 0.6) is 17.2 Å². The summed E-state index contributed by atoms with van der Waals surface area (Å²) < 4.78 is 16.8. The number of halogens is 1. The van der Waals surface area contributed by atoms with Gasteiger partial charge < -0.3 is 19.9 Å². The van der Waals surface area contributed by atoms with E-state index >= 15 is 0 Å². The van der Waals surface area contributed by atoms with Gasteiger partial charge in [-0.15, -0.1) is 0 Å². The molecule has 1 heterocycles. The number of thioether (sulfide) groups is 1. The first-order chi connectivity index (χ1) is 13.9. The average Bonchev–Trinajstić information content (AvgIpc) is 3.01. The van der Waals surface area contributed by atoms with E-state index in [0.29, 0.717) is 38.6 Å². The summed E-state index contributed by atoms with van der Waals surface area (Å²) in [7, 11) is 1.55. The second-order valence-corrected chi connectivity index (χ2v) is 7.66. The second kappa shape index (κ2) is 9.15. The van der Waals surface area contributed by atoms with Gasteiger partial charge in [-0.05, 0) is 82.7 Å². The number of amides is 1. The molecule has 1 aliphatic rings. The van der Waals surface area contributed by atoms with Gasteiger partial charge in [0.25, 0.3) is 5.91 Å². The normalized spacial score (nSPS) is 14.7. The van der Waals surface area contributed by atoms with Crippen LogP contribution in [0.25, 0.3) is 6.08 Å². The molecule has 2 aromatic carbocycles. The molecule has 1 aliphatic heterocycles. The third-order valence-electron chi connectivity index (χ3n) is 3.79. The van der Waals surface area contributed by atoms with Crippen LogP contribution >= 0.6 is 27.7 Å². The maximum absolute atomic E-state index is 12.5. The molecule has 0 aromatic heterocycles. The first kappa shape index (κ1) is 20.9. The number of methoxy groups -OCH3 is 1. The predicted octanol–water partition coefficient (Wildman–Crippen LogP) is 4.00. The Morgan fingerprint density at radius 1 is 1.28 bits per heavy atom. The first-order valence-electron chi connectivity index (χ1n) is 8.52. The summed E-state index contributed by atoms with van der Waals surface area (Å²) in [4.78, 5) is 28.4. The topological polar surface area (TPSA) is 100 Å². The molecule has 0 fully saturated rings. The standard InChI is InChI=1S/C20H17BrN2O5S/c1-3-27-15-9-11(10-16-18(24)23-20(22)29-16)8-14(21)17(15)28-19(25)12-4-6-13(26-2)7-5-12/h4-10H,3H2,1-2H3,(H2,22,23,24). The summed E-state index contributed by atoms with van der Waals surface area (Å²) >= 11 is 4.51. The minimum Gasteiger partial charge on any atom is -0.497 e. The van der Waals surface area contributed by atoms with Crippen LogP contribution < -0.4 is 19.9 Å². The van der Waals surface area contributed by atoms with Gasteiger partial charge in [0.05, 0.1) is 28.7 Å². The predicted molar refractivity (Wildman–Crippen MR) is 115 cm³/mol. The quantitative estimate of drug-likeness (QED) is 0.381. The second-order valence-electron chi connectivity index (χ2n) is 5.75. The van der Waals surface area contributed by atoms with Crippen molar-refractivity contribution in [2.45, 2.75) is 6.92 Å². The molecule has 0 spiro atoms. The summed E-state index contributed by atoms with van der Waals surface area (Å²) in [6.45, 7) is 2.18. The lowest BCUT2D eigenvalue weighted by Gasteiger charge is -2.14. The van der Waals surface area contributed by atoms with Gasteiger partial charge in [-0.25, -0.2) is 4.79 Å². The van der Waals surface area contributed by atoms with Crippen LogP contribution in [0.1, 0.15) is 22.8 Å². The average molecular weight is 477 g/mol. The molecule has 3 rings (SSSR count). The van der Waals surface area contributed by atoms with Crippen molar-refractivity contribution >= 4 is 50.8 Å². The largest absolute Gasteiger partial charge is 0.497 e. The highest BCUT2D eigenvalue weighted by atomic mass is 79.9. The third kappa shape index (κ3) is 4.99. The third-order valence-corrected chi connectivity index (χ3v) is 5.19. The van der Waals surface area contributed by atoms with Crippen LogP contribution in [0.15, 0.2) is 50.8 Å². The number of hydrogen-bond donors (Lipinski definition) is 1. The van der Waals surface area contributed by atoms with E-state index in [0.717, 1.165) is 11.8 Å². The smallest absolute Gasteiger partial charge is 0.343 e. The van der Waals surface area contributed by atoms with Crippen molar-refractivity contribution in [3.05, 3.63) is 56.9 Å². The summed E-state index contributed by atoms with van der Waals surface area (Å²) in [6, 6.07) is 9.97. The number of carbonyl (C=O) groups is 2. The Morgan fingerprint density at radius 3 is 2.59 bits per heavy atom. The van der Waals surface area contributed by atoms with Gasteiger partial charge >= 0.3 is 5.97 Å². The Labute approximate surface area is 180 Å². The molecular weight excluding hydrogens is 460 g/mol. The Balaban J connectivity index is 1.89. The zero-order valence-electron chi connectivity index (χ0n) is 15.6. The molecule has 0 unspecified atom stereocenters. The van der Waals surface area contributed by atoms with Crippen molar-refractivity contribution in [1.29, 1.82) is 0 Å². The van der Waals surface area contributed by atoms with E-state index in [1.54, 1.807) is 49.6 Å². The molecule has 2 N–H and O–H groups in total. The van der Waals surface area contributed by atoms with Gasteiger partial charge in [0.1, 0.15) is 5.75 Å². The van der Waals surface area contributed by atoms with Gasteiger partial charge in [-0.2, -0.15) is 4.99 Å². The van der Waals surface area contributed by atoms with Crippen LogP contribution in [-0.4, -0.2) is 30.8 Å². The van der Waals surface area contributed by atoms with Crippen molar-refractivity contribution in [3.8, 4) is 17.2 Å². The lowest BCUT2D eigenvalue weighted by Crippen LogP contribution is -2.10.